The summed E-state index contributed by atoms with van der Waals surface area (Å²) < 4.78 is 11.1. The Morgan fingerprint density at radius 3 is 2.30 bits per heavy atom. The van der Waals surface area contributed by atoms with Crippen LogP contribution in [0, 0.1) is 0 Å². The number of nitrogens with one attached hydrogen (secondary N) is 1. The fraction of sp³-hybridized carbons (Fsp3) is 0.643. The average molecular weight is 303 g/mol. The first-order chi connectivity index (χ1) is 9.18. The number of allylic oxidation sites excluding steroid dienone is 3. The summed E-state index contributed by atoms with van der Waals surface area (Å²) in [7, 11) is -4.37. The lowest BCUT2D eigenvalue weighted by molar-refractivity contribution is -0.120. The molecule has 0 aromatic carbocycles. The first-order valence-corrected chi connectivity index (χ1v) is 8.48. The summed E-state index contributed by atoms with van der Waals surface area (Å²) in [6.07, 6.45) is 6.02. The van der Waals surface area contributed by atoms with Gasteiger partial charge in [0.1, 0.15) is 5.66 Å². The Hall–Kier alpha value is -0.900. The molecule has 0 aliphatic carbocycles. The Balaban J connectivity index is 4.25. The van der Waals surface area contributed by atoms with Crippen LogP contribution in [0.3, 0.4) is 0 Å². The van der Waals surface area contributed by atoms with Crippen molar-refractivity contribution in [2.24, 2.45) is 0 Å². The van der Waals surface area contributed by atoms with Gasteiger partial charge in [0, 0.05) is 6.54 Å². The first-order valence-electron chi connectivity index (χ1n) is 6.80. The van der Waals surface area contributed by atoms with Crippen LogP contribution in [0.5, 0.6) is 0 Å². The molecule has 20 heavy (non-hydrogen) atoms. The lowest BCUT2D eigenvalue weighted by Gasteiger charge is -2.15. The molecule has 0 bridgehead atoms. The SMILES string of the molecule is CCC(C(=O)NC/C=C(\C)CCC=C(C)C)P(=O)(O)O. The number of carbonyl (C=O) groups excluding carboxylic acids is 1. The Kier molecular flexibility index (Phi) is 8.70. The van der Waals surface area contributed by atoms with Crippen LogP contribution in [0.15, 0.2) is 23.3 Å². The lowest BCUT2D eigenvalue weighted by Crippen LogP contribution is -2.34. The molecular formula is C14H26NO4P. The summed E-state index contributed by atoms with van der Waals surface area (Å²) in [4.78, 5) is 29.8. The molecule has 0 fully saturated rings. The van der Waals surface area contributed by atoms with Crippen LogP contribution in [0.2, 0.25) is 0 Å². The van der Waals surface area contributed by atoms with Crippen molar-refractivity contribution in [2.45, 2.75) is 52.6 Å². The molecule has 116 valence electrons. The van der Waals surface area contributed by atoms with Gasteiger partial charge < -0.3 is 15.1 Å². The Morgan fingerprint density at radius 2 is 1.85 bits per heavy atom. The van der Waals surface area contributed by atoms with E-state index in [2.05, 4.69) is 11.4 Å². The molecule has 3 N–H and O–H groups in total. The van der Waals surface area contributed by atoms with Crippen LogP contribution in [0.4, 0.5) is 0 Å². The zero-order valence-electron chi connectivity index (χ0n) is 12.7. The molecule has 0 spiro atoms. The van der Waals surface area contributed by atoms with E-state index in [0.29, 0.717) is 6.54 Å². The normalized spacial score (nSPS) is 13.8. The molecule has 5 nitrogen and oxygen atoms in total. The molecule has 0 rings (SSSR count). The van der Waals surface area contributed by atoms with Crippen LogP contribution in [0.25, 0.3) is 0 Å². The topological polar surface area (TPSA) is 86.6 Å². The molecule has 0 heterocycles. The van der Waals surface area contributed by atoms with Crippen LogP contribution >= 0.6 is 7.60 Å². The van der Waals surface area contributed by atoms with Crippen LogP contribution < -0.4 is 5.32 Å². The van der Waals surface area contributed by atoms with E-state index in [4.69, 9.17) is 9.79 Å². The minimum absolute atomic E-state index is 0.124. The van der Waals surface area contributed by atoms with Crippen molar-refractivity contribution in [2.75, 3.05) is 6.54 Å². The van der Waals surface area contributed by atoms with Crippen molar-refractivity contribution in [1.82, 2.24) is 5.32 Å². The highest BCUT2D eigenvalue weighted by Crippen LogP contribution is 2.42. The minimum Gasteiger partial charge on any atom is -0.352 e. The van der Waals surface area contributed by atoms with E-state index in [1.54, 1.807) is 6.92 Å². The van der Waals surface area contributed by atoms with E-state index in [-0.39, 0.29) is 6.42 Å². The third kappa shape index (κ3) is 8.31. The zero-order chi connectivity index (χ0) is 15.8. The van der Waals surface area contributed by atoms with Crippen molar-refractivity contribution in [1.29, 1.82) is 0 Å². The highest BCUT2D eigenvalue weighted by Gasteiger charge is 2.33. The minimum atomic E-state index is -4.37. The van der Waals surface area contributed by atoms with Crippen LogP contribution in [-0.2, 0) is 9.36 Å². The van der Waals surface area contributed by atoms with Gasteiger partial charge in [0.25, 0.3) is 0 Å². The maximum atomic E-state index is 11.7. The molecule has 0 saturated carbocycles. The zero-order valence-corrected chi connectivity index (χ0v) is 13.6. The summed E-state index contributed by atoms with van der Waals surface area (Å²) in [5.41, 5.74) is 1.17. The molecule has 0 aromatic heterocycles. The number of hydrogen-bond donors (Lipinski definition) is 3. The third-order valence-electron chi connectivity index (χ3n) is 2.91. The van der Waals surface area contributed by atoms with Crippen molar-refractivity contribution in [3.63, 3.8) is 0 Å². The Labute approximate surface area is 121 Å². The van der Waals surface area contributed by atoms with Gasteiger partial charge in [-0.05, 0) is 40.0 Å². The number of amides is 1. The van der Waals surface area contributed by atoms with Gasteiger partial charge in [-0.2, -0.15) is 0 Å². The molecule has 0 saturated heterocycles. The van der Waals surface area contributed by atoms with E-state index in [0.717, 1.165) is 18.4 Å². The summed E-state index contributed by atoms with van der Waals surface area (Å²) >= 11 is 0. The smallest absolute Gasteiger partial charge is 0.337 e. The summed E-state index contributed by atoms with van der Waals surface area (Å²) in [6, 6.07) is 0. The van der Waals surface area contributed by atoms with E-state index in [9.17, 15) is 9.36 Å². The number of carbonyl (C=O) groups is 1. The Morgan fingerprint density at radius 1 is 1.25 bits per heavy atom. The summed E-state index contributed by atoms with van der Waals surface area (Å²) in [5.74, 6) is -0.589. The number of hydrogen-bond acceptors (Lipinski definition) is 2. The second-order valence-corrected chi connectivity index (χ2v) is 6.93. The molecule has 0 aliphatic rings. The van der Waals surface area contributed by atoms with Crippen LogP contribution in [-0.4, -0.2) is 27.9 Å². The molecule has 1 atom stereocenters. The quantitative estimate of drug-likeness (QED) is 0.475. The number of rotatable bonds is 8. The highest BCUT2D eigenvalue weighted by molar-refractivity contribution is 7.53. The molecule has 6 heteroatoms. The fourth-order valence-corrected chi connectivity index (χ4v) is 2.58. The van der Waals surface area contributed by atoms with E-state index in [1.807, 2.05) is 26.8 Å². The van der Waals surface area contributed by atoms with Crippen molar-refractivity contribution in [3.05, 3.63) is 23.3 Å². The van der Waals surface area contributed by atoms with Crippen molar-refractivity contribution < 1.29 is 19.1 Å². The van der Waals surface area contributed by atoms with Gasteiger partial charge in [0.05, 0.1) is 0 Å². The van der Waals surface area contributed by atoms with E-state index in [1.165, 1.54) is 5.57 Å². The molecule has 1 unspecified atom stereocenters. The van der Waals surface area contributed by atoms with E-state index < -0.39 is 19.2 Å². The monoisotopic (exact) mass is 303 g/mol. The predicted molar refractivity (Wildman–Crippen MR) is 81.6 cm³/mol. The second-order valence-electron chi connectivity index (χ2n) is 5.13. The van der Waals surface area contributed by atoms with Crippen molar-refractivity contribution >= 4 is 13.5 Å². The molecule has 0 aromatic rings. The molecule has 0 aliphatic heterocycles. The first kappa shape index (κ1) is 19.1. The van der Waals surface area contributed by atoms with Crippen molar-refractivity contribution in [3.8, 4) is 0 Å². The molecular weight excluding hydrogens is 277 g/mol. The molecule has 1 amide bonds. The maximum Gasteiger partial charge on any atom is 0.337 e. The summed E-state index contributed by atoms with van der Waals surface area (Å²) in [5, 5.41) is 2.55. The van der Waals surface area contributed by atoms with Gasteiger partial charge in [-0.25, -0.2) is 0 Å². The van der Waals surface area contributed by atoms with Gasteiger partial charge in [-0.3, -0.25) is 9.36 Å². The largest absolute Gasteiger partial charge is 0.352 e. The lowest BCUT2D eigenvalue weighted by atomic mass is 10.1. The fourth-order valence-electron chi connectivity index (χ4n) is 1.71. The van der Waals surface area contributed by atoms with Gasteiger partial charge in [0.2, 0.25) is 5.91 Å². The maximum absolute atomic E-state index is 11.7. The predicted octanol–water partition coefficient (Wildman–Crippen LogP) is 2.75. The average Bonchev–Trinajstić information content (AvgIpc) is 2.27. The van der Waals surface area contributed by atoms with Gasteiger partial charge in [-0.1, -0.05) is 30.2 Å². The molecule has 0 radical (unpaired) electrons. The van der Waals surface area contributed by atoms with Gasteiger partial charge in [0.15, 0.2) is 0 Å². The Bertz CT molecular complexity index is 419. The van der Waals surface area contributed by atoms with Gasteiger partial charge in [-0.15, -0.1) is 0 Å². The van der Waals surface area contributed by atoms with E-state index >= 15 is 0 Å². The standard InChI is InChI=1S/C14H26NO4P/c1-5-13(20(17,18)19)14(16)15-10-9-12(4)8-6-7-11(2)3/h7,9,13H,5-6,8,10H2,1-4H3,(H,15,16)(H2,17,18,19)/b12-9+. The highest BCUT2D eigenvalue weighted by atomic mass is 31.2. The van der Waals surface area contributed by atoms with Crippen LogP contribution in [0.1, 0.15) is 47.0 Å². The summed E-state index contributed by atoms with van der Waals surface area (Å²) in [6.45, 7) is 7.96. The third-order valence-corrected chi connectivity index (χ3v) is 4.33. The second kappa shape index (κ2) is 9.11. The van der Waals surface area contributed by atoms with Gasteiger partial charge >= 0.3 is 7.60 Å².